The van der Waals surface area contributed by atoms with Gasteiger partial charge in [0.2, 0.25) is 0 Å². The Labute approximate surface area is 99.3 Å². The first-order valence-corrected chi connectivity index (χ1v) is 6.67. The zero-order valence-corrected chi connectivity index (χ0v) is 10.3. The van der Waals surface area contributed by atoms with Gasteiger partial charge in [-0.2, -0.15) is 0 Å². The van der Waals surface area contributed by atoms with Gasteiger partial charge in [-0.05, 0) is 24.3 Å². The third-order valence-electron chi connectivity index (χ3n) is 3.84. The lowest BCUT2D eigenvalue weighted by atomic mass is 9.83. The van der Waals surface area contributed by atoms with Gasteiger partial charge in [0.15, 0.2) is 0 Å². The zero-order chi connectivity index (χ0) is 11.2. The van der Waals surface area contributed by atoms with Crippen molar-refractivity contribution >= 4 is 0 Å². The van der Waals surface area contributed by atoms with Crippen molar-refractivity contribution in [2.45, 2.75) is 51.6 Å². The van der Waals surface area contributed by atoms with Crippen molar-refractivity contribution in [3.05, 3.63) is 35.9 Å². The Morgan fingerprint density at radius 1 is 1.12 bits per heavy atom. The molecule has 0 aliphatic heterocycles. The van der Waals surface area contributed by atoms with Crippen LogP contribution >= 0.6 is 0 Å². The van der Waals surface area contributed by atoms with E-state index in [1.165, 1.54) is 37.7 Å². The van der Waals surface area contributed by atoms with Crippen LogP contribution in [-0.4, -0.2) is 6.04 Å². The van der Waals surface area contributed by atoms with Gasteiger partial charge in [-0.25, -0.2) is 0 Å². The molecule has 0 radical (unpaired) electrons. The summed E-state index contributed by atoms with van der Waals surface area (Å²) >= 11 is 0. The summed E-state index contributed by atoms with van der Waals surface area (Å²) < 4.78 is 0. The first kappa shape index (κ1) is 11.7. The third-order valence-corrected chi connectivity index (χ3v) is 3.84. The van der Waals surface area contributed by atoms with Crippen LogP contribution in [0.1, 0.15) is 44.6 Å². The fraction of sp³-hybridized carbons (Fsp3) is 0.600. The predicted molar refractivity (Wildman–Crippen MR) is 69.3 cm³/mol. The fourth-order valence-electron chi connectivity index (χ4n) is 2.81. The van der Waals surface area contributed by atoms with E-state index in [4.69, 9.17) is 0 Å². The van der Waals surface area contributed by atoms with Gasteiger partial charge in [-0.3, -0.25) is 0 Å². The Morgan fingerprint density at radius 2 is 1.88 bits per heavy atom. The average molecular weight is 217 g/mol. The molecule has 1 aromatic rings. The first-order chi connectivity index (χ1) is 7.90. The van der Waals surface area contributed by atoms with Crippen LogP contribution in [0.25, 0.3) is 0 Å². The summed E-state index contributed by atoms with van der Waals surface area (Å²) in [5, 5.41) is 3.74. The van der Waals surface area contributed by atoms with E-state index in [1.54, 1.807) is 0 Å². The quantitative estimate of drug-likeness (QED) is 0.810. The van der Waals surface area contributed by atoms with Crippen molar-refractivity contribution in [2.75, 3.05) is 0 Å². The summed E-state index contributed by atoms with van der Waals surface area (Å²) in [6.07, 6.45) is 6.95. The highest BCUT2D eigenvalue weighted by Crippen LogP contribution is 2.26. The lowest BCUT2D eigenvalue weighted by molar-refractivity contribution is 0.254. The molecule has 1 aliphatic carbocycles. The minimum Gasteiger partial charge on any atom is -0.310 e. The second-order valence-corrected chi connectivity index (χ2v) is 4.93. The highest BCUT2D eigenvalue weighted by atomic mass is 14.9. The molecule has 2 rings (SSSR count). The Morgan fingerprint density at radius 3 is 2.62 bits per heavy atom. The number of nitrogens with one attached hydrogen (secondary N) is 1. The second-order valence-electron chi connectivity index (χ2n) is 4.93. The lowest BCUT2D eigenvalue weighted by Gasteiger charge is -2.31. The molecule has 1 heteroatoms. The van der Waals surface area contributed by atoms with Gasteiger partial charge in [0.05, 0.1) is 0 Å². The van der Waals surface area contributed by atoms with Crippen LogP contribution < -0.4 is 5.32 Å². The van der Waals surface area contributed by atoms with Crippen LogP contribution in [0.15, 0.2) is 30.3 Å². The monoisotopic (exact) mass is 217 g/mol. The predicted octanol–water partition coefficient (Wildman–Crippen LogP) is 3.75. The molecule has 1 saturated carbocycles. The molecule has 88 valence electrons. The number of rotatable bonds is 4. The van der Waals surface area contributed by atoms with E-state index in [0.717, 1.165) is 18.5 Å². The third kappa shape index (κ3) is 3.08. The van der Waals surface area contributed by atoms with Crippen molar-refractivity contribution in [3.8, 4) is 0 Å². The molecule has 0 aromatic heterocycles. The van der Waals surface area contributed by atoms with E-state index in [0.29, 0.717) is 0 Å². The molecular formula is C15H23N. The molecule has 0 saturated heterocycles. The zero-order valence-electron chi connectivity index (χ0n) is 10.3. The van der Waals surface area contributed by atoms with E-state index < -0.39 is 0 Å². The molecule has 2 unspecified atom stereocenters. The Kier molecular flexibility index (Phi) is 4.41. The van der Waals surface area contributed by atoms with Gasteiger partial charge in [0, 0.05) is 12.6 Å². The molecule has 1 nitrogen and oxygen atoms in total. The molecule has 2 atom stereocenters. The van der Waals surface area contributed by atoms with Crippen LogP contribution in [0.3, 0.4) is 0 Å². The summed E-state index contributed by atoms with van der Waals surface area (Å²) in [5.41, 5.74) is 1.41. The van der Waals surface area contributed by atoms with E-state index in [-0.39, 0.29) is 0 Å². The molecule has 0 spiro atoms. The Bertz CT molecular complexity index is 294. The highest BCUT2D eigenvalue weighted by Gasteiger charge is 2.22. The maximum Gasteiger partial charge on any atom is 0.0208 e. The van der Waals surface area contributed by atoms with Gasteiger partial charge in [0.1, 0.15) is 0 Å². The highest BCUT2D eigenvalue weighted by molar-refractivity contribution is 5.14. The van der Waals surface area contributed by atoms with Gasteiger partial charge in [-0.15, -0.1) is 0 Å². The Balaban J connectivity index is 1.84. The standard InChI is InChI=1S/C15H23N/c1-2-14-10-6-7-11-15(14)16-12-13-8-4-3-5-9-13/h3-5,8-9,14-16H,2,6-7,10-12H2,1H3. The van der Waals surface area contributed by atoms with Crippen molar-refractivity contribution in [1.82, 2.24) is 5.32 Å². The van der Waals surface area contributed by atoms with E-state index >= 15 is 0 Å². The molecule has 0 bridgehead atoms. The number of hydrogen-bond donors (Lipinski definition) is 1. The summed E-state index contributed by atoms with van der Waals surface area (Å²) in [5.74, 6) is 0.900. The van der Waals surface area contributed by atoms with Crippen molar-refractivity contribution in [3.63, 3.8) is 0 Å². The van der Waals surface area contributed by atoms with Crippen LogP contribution in [0.2, 0.25) is 0 Å². The summed E-state index contributed by atoms with van der Waals surface area (Å²) in [7, 11) is 0. The van der Waals surface area contributed by atoms with E-state index in [2.05, 4.69) is 42.6 Å². The minimum absolute atomic E-state index is 0.749. The second kappa shape index (κ2) is 6.05. The van der Waals surface area contributed by atoms with Gasteiger partial charge < -0.3 is 5.32 Å². The maximum absolute atomic E-state index is 3.74. The van der Waals surface area contributed by atoms with Crippen molar-refractivity contribution in [2.24, 2.45) is 5.92 Å². The molecule has 1 N–H and O–H groups in total. The van der Waals surface area contributed by atoms with E-state index in [9.17, 15) is 0 Å². The topological polar surface area (TPSA) is 12.0 Å². The summed E-state index contributed by atoms with van der Waals surface area (Å²) in [6, 6.07) is 11.5. The number of benzene rings is 1. The normalized spacial score (nSPS) is 25.6. The van der Waals surface area contributed by atoms with Gasteiger partial charge in [-0.1, -0.05) is 56.5 Å². The van der Waals surface area contributed by atoms with Crippen molar-refractivity contribution in [1.29, 1.82) is 0 Å². The van der Waals surface area contributed by atoms with Gasteiger partial charge in [0.25, 0.3) is 0 Å². The molecule has 1 fully saturated rings. The minimum atomic E-state index is 0.749. The SMILES string of the molecule is CCC1CCCCC1NCc1ccccc1. The first-order valence-electron chi connectivity index (χ1n) is 6.67. The van der Waals surface area contributed by atoms with Gasteiger partial charge >= 0.3 is 0 Å². The molecule has 1 aliphatic rings. The smallest absolute Gasteiger partial charge is 0.0208 e. The Hall–Kier alpha value is -0.820. The molecule has 1 aromatic carbocycles. The average Bonchev–Trinajstić information content (AvgIpc) is 2.38. The lowest BCUT2D eigenvalue weighted by Crippen LogP contribution is -2.37. The van der Waals surface area contributed by atoms with Crippen molar-refractivity contribution < 1.29 is 0 Å². The summed E-state index contributed by atoms with van der Waals surface area (Å²) in [4.78, 5) is 0. The summed E-state index contributed by atoms with van der Waals surface area (Å²) in [6.45, 7) is 3.36. The fourth-order valence-corrected chi connectivity index (χ4v) is 2.81. The van der Waals surface area contributed by atoms with Crippen LogP contribution in [0.5, 0.6) is 0 Å². The molecule has 16 heavy (non-hydrogen) atoms. The number of hydrogen-bond acceptors (Lipinski definition) is 1. The molecule has 0 amide bonds. The van der Waals surface area contributed by atoms with Crippen LogP contribution in [-0.2, 0) is 6.54 Å². The molecular weight excluding hydrogens is 194 g/mol. The van der Waals surface area contributed by atoms with Crippen LogP contribution in [0.4, 0.5) is 0 Å². The van der Waals surface area contributed by atoms with Crippen LogP contribution in [0, 0.1) is 5.92 Å². The maximum atomic E-state index is 3.74. The molecule has 0 heterocycles. The largest absolute Gasteiger partial charge is 0.310 e. The van der Waals surface area contributed by atoms with E-state index in [1.807, 2.05) is 0 Å².